The Labute approximate surface area is 263 Å². The van der Waals surface area contributed by atoms with Crippen molar-refractivity contribution in [3.8, 4) is 0 Å². The van der Waals surface area contributed by atoms with Crippen molar-refractivity contribution >= 4 is 52.5 Å². The number of hydrogen-bond acceptors (Lipinski definition) is 5. The zero-order valence-corrected chi connectivity index (χ0v) is 26.0. The van der Waals surface area contributed by atoms with E-state index in [-0.39, 0.29) is 36.1 Å². The first-order valence-electron chi connectivity index (χ1n) is 15.1. The summed E-state index contributed by atoms with van der Waals surface area (Å²) < 4.78 is -0.688. The number of amides is 3. The minimum absolute atomic E-state index is 0.0390. The summed E-state index contributed by atoms with van der Waals surface area (Å²) in [6, 6.07) is 15.9. The summed E-state index contributed by atoms with van der Waals surface area (Å²) in [5, 5.41) is 9.75. The first kappa shape index (κ1) is 31.4. The third-order valence-electron chi connectivity index (χ3n) is 8.99. The van der Waals surface area contributed by atoms with Gasteiger partial charge in [-0.25, -0.2) is 0 Å². The average molecular weight is 622 g/mol. The lowest BCUT2D eigenvalue weighted by Crippen LogP contribution is -2.55. The van der Waals surface area contributed by atoms with Crippen LogP contribution in [0.25, 0.3) is 0 Å². The van der Waals surface area contributed by atoms with E-state index in [0.29, 0.717) is 36.6 Å². The standard InChI is InChI=1S/C34H40ClN3O4S/c1-3-20-36(25-12-8-7-9-13-25)31(40)28-27-18-19-34(43-27)29(28)32(41)38(22-10-5-6-11-23-39)30(34)33(42)37(21-4-2)26-16-14-24(35)15-17-26/h3-4,7-9,12-17,27-30,39H,1-2,5-6,10-11,18-23H2/t27-,28+,29+,30?,34?/m1/s1. The lowest BCUT2D eigenvalue weighted by molar-refractivity contribution is -0.139. The van der Waals surface area contributed by atoms with Gasteiger partial charge in [0.15, 0.2) is 0 Å². The largest absolute Gasteiger partial charge is 0.396 e. The zero-order chi connectivity index (χ0) is 30.6. The van der Waals surface area contributed by atoms with Crippen molar-refractivity contribution in [1.82, 2.24) is 4.90 Å². The number of carbonyl (C=O) groups is 3. The lowest BCUT2D eigenvalue weighted by atomic mass is 9.70. The summed E-state index contributed by atoms with van der Waals surface area (Å²) >= 11 is 7.84. The molecule has 3 saturated heterocycles. The summed E-state index contributed by atoms with van der Waals surface area (Å²) in [4.78, 5) is 48.7. The Kier molecular flexibility index (Phi) is 9.99. The Hall–Kier alpha value is -3.07. The van der Waals surface area contributed by atoms with E-state index in [9.17, 15) is 19.5 Å². The summed E-state index contributed by atoms with van der Waals surface area (Å²) in [7, 11) is 0. The van der Waals surface area contributed by atoms with E-state index in [2.05, 4.69) is 13.2 Å². The van der Waals surface area contributed by atoms with Crippen LogP contribution >= 0.6 is 23.4 Å². The fourth-order valence-corrected chi connectivity index (χ4v) is 9.49. The molecule has 1 N–H and O–H groups in total. The number of thioether (sulfide) groups is 1. The van der Waals surface area contributed by atoms with Crippen molar-refractivity contribution in [1.29, 1.82) is 0 Å². The van der Waals surface area contributed by atoms with Crippen LogP contribution in [0.15, 0.2) is 79.9 Å². The maximum atomic E-state index is 14.7. The maximum Gasteiger partial charge on any atom is 0.251 e. The SMILES string of the molecule is C=CCN(C(=O)C1N(CCCCCCO)C(=O)[C@@H]2[C@@H](C(=O)N(CC=C)c3ccccc3)[C@H]3CCC12S3)c1ccc(Cl)cc1. The highest BCUT2D eigenvalue weighted by Gasteiger charge is 2.74. The van der Waals surface area contributed by atoms with E-state index in [1.54, 1.807) is 50.7 Å². The predicted molar refractivity (Wildman–Crippen MR) is 174 cm³/mol. The predicted octanol–water partition coefficient (Wildman–Crippen LogP) is 5.72. The highest BCUT2D eigenvalue weighted by molar-refractivity contribution is 8.02. The van der Waals surface area contributed by atoms with Crippen molar-refractivity contribution in [2.24, 2.45) is 11.8 Å². The van der Waals surface area contributed by atoms with E-state index < -0.39 is 22.6 Å². The minimum Gasteiger partial charge on any atom is -0.396 e. The summed E-state index contributed by atoms with van der Waals surface area (Å²) in [5.74, 6) is -1.44. The number of likely N-dealkylation sites (tertiary alicyclic amines) is 1. The molecule has 2 aromatic carbocycles. The molecule has 5 atom stereocenters. The number of halogens is 1. The molecule has 2 bridgehead atoms. The third kappa shape index (κ3) is 5.89. The third-order valence-corrected chi connectivity index (χ3v) is 11.2. The van der Waals surface area contributed by atoms with Gasteiger partial charge in [0.2, 0.25) is 11.8 Å². The average Bonchev–Trinajstić information content (AvgIpc) is 3.66. The van der Waals surface area contributed by atoms with Gasteiger partial charge < -0.3 is 19.8 Å². The van der Waals surface area contributed by atoms with Gasteiger partial charge in [-0.05, 0) is 62.1 Å². The molecule has 3 heterocycles. The van der Waals surface area contributed by atoms with Crippen LogP contribution in [0.5, 0.6) is 0 Å². The molecule has 3 aliphatic rings. The second-order valence-electron chi connectivity index (χ2n) is 11.5. The van der Waals surface area contributed by atoms with Gasteiger partial charge in [-0.15, -0.1) is 24.9 Å². The van der Waals surface area contributed by atoms with E-state index in [1.165, 1.54) is 0 Å². The fourth-order valence-electron chi connectivity index (χ4n) is 7.16. The zero-order valence-electron chi connectivity index (χ0n) is 24.4. The summed E-state index contributed by atoms with van der Waals surface area (Å²) in [6.07, 6.45) is 8.01. The van der Waals surface area contributed by atoms with Crippen molar-refractivity contribution in [3.05, 3.63) is 84.9 Å². The van der Waals surface area contributed by atoms with Gasteiger partial charge in [0.05, 0.1) is 16.6 Å². The molecule has 5 rings (SSSR count). The van der Waals surface area contributed by atoms with Gasteiger partial charge in [-0.2, -0.15) is 0 Å². The molecule has 0 radical (unpaired) electrons. The van der Waals surface area contributed by atoms with Gasteiger partial charge >= 0.3 is 0 Å². The number of fused-ring (bicyclic) bond motifs is 1. The molecule has 228 valence electrons. The number of benzene rings is 2. The highest BCUT2D eigenvalue weighted by Crippen LogP contribution is 2.66. The normalized spacial score (nSPS) is 25.4. The Bertz CT molecular complexity index is 1340. The number of carbonyl (C=O) groups excluding carboxylic acids is 3. The number of para-hydroxylation sites is 1. The van der Waals surface area contributed by atoms with Crippen LogP contribution in [0.4, 0.5) is 11.4 Å². The molecule has 0 aromatic heterocycles. The monoisotopic (exact) mass is 621 g/mol. The number of anilines is 2. The van der Waals surface area contributed by atoms with Crippen molar-refractivity contribution in [2.45, 2.75) is 54.6 Å². The fraction of sp³-hybridized carbons (Fsp3) is 0.441. The molecular formula is C34H40ClN3O4S. The van der Waals surface area contributed by atoms with Crippen LogP contribution in [0.2, 0.25) is 5.02 Å². The molecule has 0 aliphatic carbocycles. The van der Waals surface area contributed by atoms with E-state index in [1.807, 2.05) is 42.5 Å². The van der Waals surface area contributed by atoms with Crippen molar-refractivity contribution in [2.75, 3.05) is 36.0 Å². The molecular weight excluding hydrogens is 582 g/mol. The summed E-state index contributed by atoms with van der Waals surface area (Å²) in [6.45, 7) is 8.97. The number of nitrogens with zero attached hydrogens (tertiary/aromatic N) is 3. The van der Waals surface area contributed by atoms with Crippen LogP contribution in [0, 0.1) is 11.8 Å². The van der Waals surface area contributed by atoms with Crippen LogP contribution in [-0.2, 0) is 14.4 Å². The number of unbranched alkanes of at least 4 members (excludes halogenated alkanes) is 3. The van der Waals surface area contributed by atoms with Crippen LogP contribution < -0.4 is 9.80 Å². The Morgan fingerprint density at radius 3 is 2.23 bits per heavy atom. The second kappa shape index (κ2) is 13.7. The molecule has 3 fully saturated rings. The lowest BCUT2D eigenvalue weighted by Gasteiger charge is -2.37. The molecule has 7 nitrogen and oxygen atoms in total. The molecule has 9 heteroatoms. The Balaban J connectivity index is 1.52. The van der Waals surface area contributed by atoms with E-state index in [4.69, 9.17) is 11.6 Å². The first-order valence-corrected chi connectivity index (χ1v) is 16.4. The van der Waals surface area contributed by atoms with Gasteiger partial charge in [0.25, 0.3) is 5.91 Å². The van der Waals surface area contributed by atoms with Crippen LogP contribution in [-0.4, -0.2) is 70.0 Å². The maximum absolute atomic E-state index is 14.7. The number of aliphatic hydroxyl groups excluding tert-OH is 1. The molecule has 43 heavy (non-hydrogen) atoms. The Morgan fingerprint density at radius 2 is 1.58 bits per heavy atom. The van der Waals surface area contributed by atoms with Gasteiger partial charge in [0, 0.05) is 47.9 Å². The molecule has 1 spiro atoms. The molecule has 2 unspecified atom stereocenters. The molecule has 3 aliphatic heterocycles. The van der Waals surface area contributed by atoms with Crippen LogP contribution in [0.1, 0.15) is 38.5 Å². The minimum atomic E-state index is -0.698. The topological polar surface area (TPSA) is 81.2 Å². The Morgan fingerprint density at radius 1 is 0.953 bits per heavy atom. The smallest absolute Gasteiger partial charge is 0.251 e. The second-order valence-corrected chi connectivity index (χ2v) is 13.6. The molecule has 3 amide bonds. The van der Waals surface area contributed by atoms with Crippen molar-refractivity contribution < 1.29 is 19.5 Å². The number of hydrogen-bond donors (Lipinski definition) is 1. The summed E-state index contributed by atoms with van der Waals surface area (Å²) in [5.41, 5.74) is 1.46. The molecule has 0 saturated carbocycles. The number of rotatable bonds is 14. The van der Waals surface area contributed by atoms with Gasteiger partial charge in [-0.3, -0.25) is 14.4 Å². The quantitative estimate of drug-likeness (QED) is 0.216. The highest BCUT2D eigenvalue weighted by atomic mass is 35.5. The molecule has 2 aromatic rings. The van der Waals surface area contributed by atoms with E-state index >= 15 is 0 Å². The van der Waals surface area contributed by atoms with Crippen molar-refractivity contribution in [3.63, 3.8) is 0 Å². The van der Waals surface area contributed by atoms with Crippen LogP contribution in [0.3, 0.4) is 0 Å². The number of aliphatic hydroxyl groups is 1. The van der Waals surface area contributed by atoms with Gasteiger partial charge in [-0.1, -0.05) is 54.8 Å². The van der Waals surface area contributed by atoms with Gasteiger partial charge in [0.1, 0.15) is 6.04 Å². The first-order chi connectivity index (χ1) is 20.9. The van der Waals surface area contributed by atoms with E-state index in [0.717, 1.165) is 31.4 Å².